The third-order valence-corrected chi connectivity index (χ3v) is 3.74. The van der Waals surface area contributed by atoms with Gasteiger partial charge in [-0.25, -0.2) is 9.67 Å². The molecule has 4 rings (SSSR count). The van der Waals surface area contributed by atoms with Crippen molar-refractivity contribution in [2.24, 2.45) is 0 Å². The summed E-state index contributed by atoms with van der Waals surface area (Å²) in [5.41, 5.74) is 2.02. The summed E-state index contributed by atoms with van der Waals surface area (Å²) in [6, 6.07) is 16.4. The lowest BCUT2D eigenvalue weighted by atomic mass is 10.2. The number of anilines is 1. The van der Waals surface area contributed by atoms with Crippen LogP contribution in [0.25, 0.3) is 17.1 Å². The lowest BCUT2D eigenvalue weighted by Crippen LogP contribution is -2.13. The van der Waals surface area contributed by atoms with Crippen molar-refractivity contribution >= 4 is 11.6 Å². The second-order valence-electron chi connectivity index (χ2n) is 5.51. The molecule has 0 atom stereocenters. The Balaban J connectivity index is 1.58. The number of benzene rings is 2. The summed E-state index contributed by atoms with van der Waals surface area (Å²) in [7, 11) is 0. The smallest absolute Gasteiger partial charge is 0.280 e. The molecule has 0 bridgehead atoms. The summed E-state index contributed by atoms with van der Waals surface area (Å²) in [6.45, 7) is 0. The fraction of sp³-hybridized carbons (Fsp3) is 0. The molecule has 0 aliphatic heterocycles. The Kier molecular flexibility index (Phi) is 3.91. The highest BCUT2D eigenvalue weighted by molar-refractivity contribution is 6.04. The molecule has 0 unspecified atom stereocenters. The minimum absolute atomic E-state index is 0.0566. The SMILES string of the molecule is O=C(Nc1cccc(-c2ncn[nH]2)c1)c1nn(-c2ccccc2)cc1O. The molecule has 1 amide bonds. The molecular weight excluding hydrogens is 332 g/mol. The Labute approximate surface area is 148 Å². The number of hydrogen-bond acceptors (Lipinski definition) is 5. The molecule has 8 nitrogen and oxygen atoms in total. The van der Waals surface area contributed by atoms with Crippen molar-refractivity contribution in [3.63, 3.8) is 0 Å². The van der Waals surface area contributed by atoms with E-state index in [1.807, 2.05) is 36.4 Å². The van der Waals surface area contributed by atoms with Gasteiger partial charge in [0.2, 0.25) is 0 Å². The minimum Gasteiger partial charge on any atom is -0.504 e. The number of carbonyl (C=O) groups is 1. The van der Waals surface area contributed by atoms with Crippen LogP contribution in [-0.2, 0) is 0 Å². The first-order chi connectivity index (χ1) is 12.7. The van der Waals surface area contributed by atoms with E-state index in [1.165, 1.54) is 17.2 Å². The Hall–Kier alpha value is -3.94. The van der Waals surface area contributed by atoms with Crippen LogP contribution in [0.1, 0.15) is 10.5 Å². The van der Waals surface area contributed by atoms with E-state index in [9.17, 15) is 9.90 Å². The highest BCUT2D eigenvalue weighted by atomic mass is 16.3. The minimum atomic E-state index is -0.507. The van der Waals surface area contributed by atoms with Gasteiger partial charge in [0.1, 0.15) is 6.33 Å². The number of para-hydroxylation sites is 1. The van der Waals surface area contributed by atoms with E-state index in [1.54, 1.807) is 18.2 Å². The maximum atomic E-state index is 12.5. The van der Waals surface area contributed by atoms with E-state index in [2.05, 4.69) is 25.6 Å². The fourth-order valence-corrected chi connectivity index (χ4v) is 2.52. The number of aromatic hydroxyl groups is 1. The van der Waals surface area contributed by atoms with E-state index in [4.69, 9.17) is 0 Å². The molecule has 2 aromatic heterocycles. The number of carbonyl (C=O) groups excluding carboxylic acids is 1. The van der Waals surface area contributed by atoms with Crippen LogP contribution in [0.15, 0.2) is 67.1 Å². The Morgan fingerprint density at radius 3 is 2.73 bits per heavy atom. The molecule has 0 radical (unpaired) electrons. The maximum Gasteiger partial charge on any atom is 0.280 e. The van der Waals surface area contributed by atoms with Crippen molar-refractivity contribution in [2.75, 3.05) is 5.32 Å². The van der Waals surface area contributed by atoms with E-state index >= 15 is 0 Å². The van der Waals surface area contributed by atoms with Gasteiger partial charge in [-0.1, -0.05) is 30.3 Å². The summed E-state index contributed by atoms with van der Waals surface area (Å²) in [5, 5.41) is 23.6. The van der Waals surface area contributed by atoms with Gasteiger partial charge in [0, 0.05) is 11.3 Å². The highest BCUT2D eigenvalue weighted by Crippen LogP contribution is 2.22. The summed E-state index contributed by atoms with van der Waals surface area (Å²) in [4.78, 5) is 16.6. The van der Waals surface area contributed by atoms with Crippen molar-refractivity contribution in [3.05, 3.63) is 72.8 Å². The average Bonchev–Trinajstić information content (AvgIpc) is 3.32. The maximum absolute atomic E-state index is 12.5. The second-order valence-corrected chi connectivity index (χ2v) is 5.51. The molecular formula is C18H14N6O2. The van der Waals surface area contributed by atoms with Crippen LogP contribution >= 0.6 is 0 Å². The van der Waals surface area contributed by atoms with Crippen molar-refractivity contribution < 1.29 is 9.90 Å². The van der Waals surface area contributed by atoms with Gasteiger partial charge in [-0.15, -0.1) is 0 Å². The Morgan fingerprint density at radius 2 is 1.96 bits per heavy atom. The van der Waals surface area contributed by atoms with Crippen molar-refractivity contribution in [2.45, 2.75) is 0 Å². The van der Waals surface area contributed by atoms with Gasteiger partial charge in [-0.2, -0.15) is 10.2 Å². The van der Waals surface area contributed by atoms with Gasteiger partial charge in [-0.3, -0.25) is 9.89 Å². The van der Waals surface area contributed by atoms with Crippen LogP contribution in [0.5, 0.6) is 5.75 Å². The first kappa shape index (κ1) is 15.6. The first-order valence-electron chi connectivity index (χ1n) is 7.82. The molecule has 128 valence electrons. The number of hydrogen-bond donors (Lipinski definition) is 3. The molecule has 8 heteroatoms. The number of amides is 1. The van der Waals surface area contributed by atoms with E-state index in [0.29, 0.717) is 11.5 Å². The van der Waals surface area contributed by atoms with Crippen LogP contribution in [0.3, 0.4) is 0 Å². The number of aromatic nitrogens is 5. The number of aromatic amines is 1. The van der Waals surface area contributed by atoms with Crippen LogP contribution in [-0.4, -0.2) is 36.0 Å². The zero-order chi connectivity index (χ0) is 17.9. The monoisotopic (exact) mass is 346 g/mol. The third-order valence-electron chi connectivity index (χ3n) is 3.74. The second kappa shape index (κ2) is 6.52. The lowest BCUT2D eigenvalue weighted by Gasteiger charge is -2.05. The number of nitrogens with zero attached hydrogens (tertiary/aromatic N) is 4. The molecule has 0 spiro atoms. The topological polar surface area (TPSA) is 109 Å². The largest absolute Gasteiger partial charge is 0.504 e. The third kappa shape index (κ3) is 3.03. The summed E-state index contributed by atoms with van der Waals surface area (Å²) < 4.78 is 1.45. The van der Waals surface area contributed by atoms with Crippen molar-refractivity contribution in [1.82, 2.24) is 25.0 Å². The molecule has 26 heavy (non-hydrogen) atoms. The van der Waals surface area contributed by atoms with Crippen LogP contribution in [0, 0.1) is 0 Å². The van der Waals surface area contributed by atoms with Gasteiger partial charge < -0.3 is 10.4 Å². The Morgan fingerprint density at radius 1 is 1.12 bits per heavy atom. The predicted molar refractivity (Wildman–Crippen MR) is 95.0 cm³/mol. The first-order valence-corrected chi connectivity index (χ1v) is 7.82. The number of rotatable bonds is 4. The standard InChI is InChI=1S/C18H14N6O2/c25-15-10-24(14-7-2-1-3-8-14)23-16(15)18(26)21-13-6-4-5-12(9-13)17-19-11-20-22-17/h1-11,25H,(H,21,26)(H,19,20,22). The van der Waals surface area contributed by atoms with Gasteiger partial charge in [0.15, 0.2) is 17.3 Å². The fourth-order valence-electron chi connectivity index (χ4n) is 2.52. The zero-order valence-electron chi connectivity index (χ0n) is 13.5. The zero-order valence-corrected chi connectivity index (χ0v) is 13.5. The van der Waals surface area contributed by atoms with Crippen LogP contribution in [0.2, 0.25) is 0 Å². The summed E-state index contributed by atoms with van der Waals surface area (Å²) in [6.07, 6.45) is 2.81. The van der Waals surface area contributed by atoms with Gasteiger partial charge >= 0.3 is 0 Å². The highest BCUT2D eigenvalue weighted by Gasteiger charge is 2.17. The summed E-state index contributed by atoms with van der Waals surface area (Å²) >= 11 is 0. The summed E-state index contributed by atoms with van der Waals surface area (Å²) in [5.74, 6) is -0.109. The number of nitrogens with one attached hydrogen (secondary N) is 2. The molecule has 2 aromatic carbocycles. The molecule has 0 aliphatic rings. The molecule has 0 aliphatic carbocycles. The normalized spacial score (nSPS) is 10.6. The van der Waals surface area contributed by atoms with Crippen LogP contribution < -0.4 is 5.32 Å². The lowest BCUT2D eigenvalue weighted by molar-refractivity contribution is 0.101. The van der Waals surface area contributed by atoms with Crippen LogP contribution in [0.4, 0.5) is 5.69 Å². The number of H-pyrrole nitrogens is 1. The molecule has 4 aromatic rings. The van der Waals surface area contributed by atoms with Crippen molar-refractivity contribution in [3.8, 4) is 22.8 Å². The Bertz CT molecular complexity index is 1040. The molecule has 3 N–H and O–H groups in total. The van der Waals surface area contributed by atoms with Gasteiger partial charge in [0.25, 0.3) is 5.91 Å². The van der Waals surface area contributed by atoms with Crippen molar-refractivity contribution in [1.29, 1.82) is 0 Å². The van der Waals surface area contributed by atoms with E-state index < -0.39 is 5.91 Å². The van der Waals surface area contributed by atoms with Gasteiger partial charge in [-0.05, 0) is 24.3 Å². The quantitative estimate of drug-likeness (QED) is 0.526. The van der Waals surface area contributed by atoms with E-state index in [0.717, 1.165) is 11.3 Å². The molecule has 0 fully saturated rings. The average molecular weight is 346 g/mol. The molecule has 2 heterocycles. The molecule has 0 saturated heterocycles. The predicted octanol–water partition coefficient (Wildman–Crippen LogP) is 2.62. The molecule has 0 saturated carbocycles. The van der Waals surface area contributed by atoms with Gasteiger partial charge in [0.05, 0.1) is 11.9 Å². The van der Waals surface area contributed by atoms with E-state index in [-0.39, 0.29) is 11.4 Å².